The summed E-state index contributed by atoms with van der Waals surface area (Å²) < 4.78 is 0. The van der Waals surface area contributed by atoms with Crippen molar-refractivity contribution < 1.29 is 4.79 Å². The number of nitrogens with one attached hydrogen (secondary N) is 1. The van der Waals surface area contributed by atoms with E-state index in [1.54, 1.807) is 12.1 Å². The van der Waals surface area contributed by atoms with Crippen LogP contribution in [0.25, 0.3) is 0 Å². The second-order valence-corrected chi connectivity index (χ2v) is 7.74. The van der Waals surface area contributed by atoms with Crippen molar-refractivity contribution in [2.75, 3.05) is 18.0 Å². The molecule has 2 heterocycles. The molecule has 2 aromatic rings. The first-order valence-corrected chi connectivity index (χ1v) is 9.27. The van der Waals surface area contributed by atoms with E-state index in [0.29, 0.717) is 24.6 Å². The predicted molar refractivity (Wildman–Crippen MR) is 104 cm³/mol. The summed E-state index contributed by atoms with van der Waals surface area (Å²) in [4.78, 5) is 14.6. The monoisotopic (exact) mass is 363 g/mol. The molecule has 1 atom stereocenters. The first kappa shape index (κ1) is 18.8. The Hall–Kier alpha value is -2.94. The molecule has 0 radical (unpaired) electrons. The molecule has 140 valence electrons. The van der Waals surface area contributed by atoms with E-state index < -0.39 is 0 Å². The summed E-state index contributed by atoms with van der Waals surface area (Å²) in [6.07, 6.45) is 1.22. The molecule has 1 aliphatic rings. The van der Waals surface area contributed by atoms with E-state index in [1.165, 1.54) is 5.56 Å². The van der Waals surface area contributed by atoms with Crippen LogP contribution in [0.1, 0.15) is 49.9 Å². The minimum atomic E-state index is -0.301. The van der Waals surface area contributed by atoms with Gasteiger partial charge >= 0.3 is 0 Å². The maximum Gasteiger partial charge on any atom is 0.224 e. The minimum absolute atomic E-state index is 0.0301. The van der Waals surface area contributed by atoms with Crippen LogP contribution in [-0.2, 0) is 11.2 Å². The Morgan fingerprint density at radius 1 is 1.26 bits per heavy atom. The van der Waals surface area contributed by atoms with Crippen molar-refractivity contribution in [1.82, 2.24) is 15.5 Å². The molecule has 1 N–H and O–H groups in total. The van der Waals surface area contributed by atoms with Crippen molar-refractivity contribution in [1.29, 1.82) is 5.26 Å². The molecule has 1 fully saturated rings. The van der Waals surface area contributed by atoms with Gasteiger partial charge in [-0.1, -0.05) is 38.1 Å². The minimum Gasteiger partial charge on any atom is -0.353 e. The average Bonchev–Trinajstić information content (AvgIpc) is 3.03. The first-order valence-electron chi connectivity index (χ1n) is 9.27. The van der Waals surface area contributed by atoms with Gasteiger partial charge in [-0.25, -0.2) is 0 Å². The number of carbonyl (C=O) groups excluding carboxylic acids is 1. The van der Waals surface area contributed by atoms with Crippen molar-refractivity contribution in [3.8, 4) is 6.07 Å². The Labute approximate surface area is 160 Å². The molecule has 27 heavy (non-hydrogen) atoms. The number of anilines is 1. The standard InChI is InChI=1S/C21H25N5O/c1-15(2)17-6-4-16(5-7-17)12-20(27)23-21(3)10-11-26(14-21)19-9-8-18(13-22)24-25-19/h4-9,15H,10-12,14H2,1-3H3,(H,23,27)/t21-/m1/s1. The normalized spacial score (nSPS) is 19.1. The number of amides is 1. The Balaban J connectivity index is 1.58. The molecule has 0 saturated carbocycles. The van der Waals surface area contributed by atoms with Crippen molar-refractivity contribution in [2.24, 2.45) is 0 Å². The summed E-state index contributed by atoms with van der Waals surface area (Å²) >= 11 is 0. The van der Waals surface area contributed by atoms with Gasteiger partial charge in [0.05, 0.1) is 12.0 Å². The van der Waals surface area contributed by atoms with Crippen LogP contribution >= 0.6 is 0 Å². The second kappa shape index (κ2) is 7.75. The fourth-order valence-corrected chi connectivity index (χ4v) is 3.40. The zero-order valence-electron chi connectivity index (χ0n) is 16.1. The molecule has 0 spiro atoms. The molecule has 1 aromatic carbocycles. The molecule has 0 aliphatic carbocycles. The zero-order chi connectivity index (χ0) is 19.4. The van der Waals surface area contributed by atoms with E-state index in [0.717, 1.165) is 24.3 Å². The van der Waals surface area contributed by atoms with Crippen LogP contribution < -0.4 is 10.2 Å². The molecule has 0 unspecified atom stereocenters. The van der Waals surface area contributed by atoms with Crippen LogP contribution in [-0.4, -0.2) is 34.7 Å². The summed E-state index contributed by atoms with van der Waals surface area (Å²) in [7, 11) is 0. The van der Waals surface area contributed by atoms with Crippen molar-refractivity contribution in [3.63, 3.8) is 0 Å². The van der Waals surface area contributed by atoms with Crippen LogP contribution in [0.3, 0.4) is 0 Å². The third kappa shape index (κ3) is 4.62. The van der Waals surface area contributed by atoms with E-state index in [4.69, 9.17) is 5.26 Å². The number of nitrogens with zero attached hydrogens (tertiary/aromatic N) is 4. The molecule has 6 nitrogen and oxygen atoms in total. The van der Waals surface area contributed by atoms with Crippen LogP contribution in [0.5, 0.6) is 0 Å². The molecule has 1 amide bonds. The molecular formula is C21H25N5O. The van der Waals surface area contributed by atoms with Crippen molar-refractivity contribution >= 4 is 11.7 Å². The van der Waals surface area contributed by atoms with E-state index >= 15 is 0 Å². The number of hydrogen-bond donors (Lipinski definition) is 1. The molecular weight excluding hydrogens is 338 g/mol. The third-order valence-electron chi connectivity index (χ3n) is 5.01. The van der Waals surface area contributed by atoms with Crippen LogP contribution in [0, 0.1) is 11.3 Å². The highest BCUT2D eigenvalue weighted by Crippen LogP contribution is 2.25. The molecule has 0 bridgehead atoms. The van der Waals surface area contributed by atoms with Gasteiger partial charge in [-0.05, 0) is 42.5 Å². The van der Waals surface area contributed by atoms with E-state index in [2.05, 4.69) is 53.3 Å². The van der Waals surface area contributed by atoms with Gasteiger partial charge < -0.3 is 10.2 Å². The lowest BCUT2D eigenvalue weighted by molar-refractivity contribution is -0.122. The highest BCUT2D eigenvalue weighted by Gasteiger charge is 2.35. The van der Waals surface area contributed by atoms with Gasteiger partial charge in [-0.15, -0.1) is 10.2 Å². The SMILES string of the molecule is CC(C)c1ccc(CC(=O)N[C@]2(C)CCN(c3ccc(C#N)nn3)C2)cc1. The summed E-state index contributed by atoms with van der Waals surface area (Å²) in [5.74, 6) is 1.25. The third-order valence-corrected chi connectivity index (χ3v) is 5.01. The smallest absolute Gasteiger partial charge is 0.224 e. The summed E-state index contributed by atoms with van der Waals surface area (Å²) in [5.41, 5.74) is 2.30. The Kier molecular flexibility index (Phi) is 5.41. The summed E-state index contributed by atoms with van der Waals surface area (Å²) in [5, 5.41) is 20.0. The quantitative estimate of drug-likeness (QED) is 0.883. The fraction of sp³-hybridized carbons (Fsp3) is 0.429. The van der Waals surface area contributed by atoms with Crippen molar-refractivity contribution in [2.45, 2.75) is 45.1 Å². The molecule has 1 aliphatic heterocycles. The number of benzene rings is 1. The molecule has 1 aromatic heterocycles. The maximum absolute atomic E-state index is 12.5. The Morgan fingerprint density at radius 3 is 2.59 bits per heavy atom. The molecule has 6 heteroatoms. The second-order valence-electron chi connectivity index (χ2n) is 7.74. The topological polar surface area (TPSA) is 81.9 Å². The number of aromatic nitrogens is 2. The van der Waals surface area contributed by atoms with Gasteiger partial charge in [0.15, 0.2) is 11.5 Å². The van der Waals surface area contributed by atoms with Gasteiger partial charge in [0, 0.05) is 13.1 Å². The van der Waals surface area contributed by atoms with Crippen LogP contribution in [0.4, 0.5) is 5.82 Å². The summed E-state index contributed by atoms with van der Waals surface area (Å²) in [6.45, 7) is 7.84. The van der Waals surface area contributed by atoms with Gasteiger partial charge in [-0.3, -0.25) is 4.79 Å². The Bertz CT molecular complexity index is 838. The van der Waals surface area contributed by atoms with Crippen LogP contribution in [0.2, 0.25) is 0 Å². The number of carbonyl (C=O) groups is 1. The number of hydrogen-bond acceptors (Lipinski definition) is 5. The Morgan fingerprint density at radius 2 is 2.00 bits per heavy atom. The van der Waals surface area contributed by atoms with E-state index in [1.807, 2.05) is 18.2 Å². The first-order chi connectivity index (χ1) is 12.9. The number of rotatable bonds is 5. The highest BCUT2D eigenvalue weighted by atomic mass is 16.1. The lowest BCUT2D eigenvalue weighted by atomic mass is 9.99. The predicted octanol–water partition coefficient (Wildman–Crippen LogP) is 2.80. The van der Waals surface area contributed by atoms with E-state index in [-0.39, 0.29) is 11.4 Å². The van der Waals surface area contributed by atoms with E-state index in [9.17, 15) is 4.79 Å². The van der Waals surface area contributed by atoms with Crippen molar-refractivity contribution in [3.05, 3.63) is 53.2 Å². The van der Waals surface area contributed by atoms with Gasteiger partial charge in [0.2, 0.25) is 5.91 Å². The molecule has 1 saturated heterocycles. The lowest BCUT2D eigenvalue weighted by Crippen LogP contribution is -2.48. The van der Waals surface area contributed by atoms with Gasteiger partial charge in [-0.2, -0.15) is 5.26 Å². The fourth-order valence-electron chi connectivity index (χ4n) is 3.40. The van der Waals surface area contributed by atoms with Gasteiger partial charge in [0.25, 0.3) is 0 Å². The average molecular weight is 363 g/mol. The zero-order valence-corrected chi connectivity index (χ0v) is 16.1. The van der Waals surface area contributed by atoms with Crippen LogP contribution in [0.15, 0.2) is 36.4 Å². The lowest BCUT2D eigenvalue weighted by Gasteiger charge is -2.26. The number of nitriles is 1. The highest BCUT2D eigenvalue weighted by molar-refractivity contribution is 5.79. The largest absolute Gasteiger partial charge is 0.353 e. The summed E-state index contributed by atoms with van der Waals surface area (Å²) in [6, 6.07) is 13.7. The maximum atomic E-state index is 12.5. The molecule has 3 rings (SSSR count). The van der Waals surface area contributed by atoms with Gasteiger partial charge in [0.1, 0.15) is 6.07 Å².